The van der Waals surface area contributed by atoms with Crippen LogP contribution in [-0.2, 0) is 14.2 Å². The molecule has 4 atom stereocenters. The maximum atomic E-state index is 12.9. The molecule has 37 heavy (non-hydrogen) atoms. The summed E-state index contributed by atoms with van der Waals surface area (Å²) in [5.41, 5.74) is 0.594. The van der Waals surface area contributed by atoms with Crippen LogP contribution in [0.2, 0.25) is 0 Å². The van der Waals surface area contributed by atoms with Crippen LogP contribution in [-0.4, -0.2) is 72.4 Å². The van der Waals surface area contributed by atoms with Crippen LogP contribution in [0.25, 0.3) is 0 Å². The third-order valence-corrected chi connectivity index (χ3v) is 7.36. The smallest absolute Gasteiger partial charge is 0.410 e. The highest BCUT2D eigenvalue weighted by Gasteiger charge is 2.55. The van der Waals surface area contributed by atoms with Gasteiger partial charge in [0, 0.05) is 24.1 Å². The Balaban J connectivity index is 1.60. The molecule has 8 heteroatoms. The topological polar surface area (TPSA) is 86.7 Å². The van der Waals surface area contributed by atoms with E-state index in [0.717, 1.165) is 24.2 Å². The van der Waals surface area contributed by atoms with Crippen molar-refractivity contribution >= 4 is 6.09 Å². The number of aliphatic hydroxyl groups excluding tert-OH is 1. The molecule has 8 nitrogen and oxygen atoms in total. The van der Waals surface area contributed by atoms with Crippen LogP contribution >= 0.6 is 0 Å². The summed E-state index contributed by atoms with van der Waals surface area (Å²) in [6.45, 7) is 13.9. The molecule has 2 fully saturated rings. The number of morpholine rings is 1. The number of carbonyl (C=O) groups excluding carboxylic acids is 1. The number of rotatable bonds is 6. The lowest BCUT2D eigenvalue weighted by atomic mass is 9.69. The maximum absolute atomic E-state index is 12.9. The maximum Gasteiger partial charge on any atom is 0.410 e. The Kier molecular flexibility index (Phi) is 8.12. The number of ether oxygens (including phenoxy) is 5. The molecule has 1 spiro atoms. The van der Waals surface area contributed by atoms with E-state index in [2.05, 4.69) is 26.8 Å². The highest BCUT2D eigenvalue weighted by Crippen LogP contribution is 2.54. The second-order valence-electron chi connectivity index (χ2n) is 12.0. The van der Waals surface area contributed by atoms with Gasteiger partial charge in [0.2, 0.25) is 0 Å². The minimum Gasteiger partial charge on any atom is -0.491 e. The number of aliphatic hydroxyl groups is 1. The van der Waals surface area contributed by atoms with Gasteiger partial charge < -0.3 is 33.7 Å². The van der Waals surface area contributed by atoms with Gasteiger partial charge >= 0.3 is 6.09 Å². The first-order valence-electron chi connectivity index (χ1n) is 13.4. The molecule has 3 aliphatic heterocycles. The van der Waals surface area contributed by atoms with E-state index in [1.807, 2.05) is 39.0 Å². The average Bonchev–Trinajstić information content (AvgIpc) is 2.81. The predicted octanol–water partition coefficient (Wildman–Crippen LogP) is 5.04. The third kappa shape index (κ3) is 6.41. The number of hydrogen-bond donors (Lipinski definition) is 1. The lowest BCUT2D eigenvalue weighted by Crippen LogP contribution is -2.63. The molecule has 4 rings (SSSR count). The van der Waals surface area contributed by atoms with Crippen LogP contribution in [0.5, 0.6) is 11.5 Å². The fourth-order valence-electron chi connectivity index (χ4n) is 5.61. The fraction of sp³-hybridized carbons (Fsp3) is 0.690. The highest BCUT2D eigenvalue weighted by molar-refractivity contribution is 5.68. The second-order valence-corrected chi connectivity index (χ2v) is 12.0. The van der Waals surface area contributed by atoms with Gasteiger partial charge in [0.05, 0.1) is 32.5 Å². The van der Waals surface area contributed by atoms with Gasteiger partial charge in [0.25, 0.3) is 0 Å². The zero-order valence-corrected chi connectivity index (χ0v) is 23.2. The molecule has 1 aromatic rings. The monoisotopic (exact) mass is 517 g/mol. The van der Waals surface area contributed by atoms with Crippen LogP contribution in [0.1, 0.15) is 72.5 Å². The van der Waals surface area contributed by atoms with Gasteiger partial charge in [-0.2, -0.15) is 0 Å². The first-order chi connectivity index (χ1) is 17.4. The van der Waals surface area contributed by atoms with E-state index in [1.165, 1.54) is 5.57 Å². The first kappa shape index (κ1) is 27.7. The van der Waals surface area contributed by atoms with E-state index in [-0.39, 0.29) is 31.3 Å². The number of fused-ring (bicyclic) bond motifs is 3. The van der Waals surface area contributed by atoms with Gasteiger partial charge in [0.1, 0.15) is 34.9 Å². The van der Waals surface area contributed by atoms with Crippen LogP contribution in [0.3, 0.4) is 0 Å². The average molecular weight is 518 g/mol. The molecule has 2 saturated heterocycles. The van der Waals surface area contributed by atoms with E-state index >= 15 is 0 Å². The second kappa shape index (κ2) is 10.8. The predicted molar refractivity (Wildman–Crippen MR) is 140 cm³/mol. The summed E-state index contributed by atoms with van der Waals surface area (Å²) in [7, 11) is 0. The molecule has 1 amide bonds. The molecule has 0 saturated carbocycles. The summed E-state index contributed by atoms with van der Waals surface area (Å²) in [4.78, 5) is 14.6. The first-order valence-corrected chi connectivity index (χ1v) is 13.4. The van der Waals surface area contributed by atoms with E-state index in [1.54, 1.807) is 4.90 Å². The van der Waals surface area contributed by atoms with E-state index in [0.29, 0.717) is 38.5 Å². The van der Waals surface area contributed by atoms with Crippen LogP contribution in [0.4, 0.5) is 4.79 Å². The van der Waals surface area contributed by atoms with Crippen molar-refractivity contribution in [3.63, 3.8) is 0 Å². The van der Waals surface area contributed by atoms with Crippen molar-refractivity contribution in [1.82, 2.24) is 4.90 Å². The van der Waals surface area contributed by atoms with Gasteiger partial charge in [-0.1, -0.05) is 11.6 Å². The molecule has 0 radical (unpaired) electrons. The van der Waals surface area contributed by atoms with Crippen LogP contribution in [0, 0.1) is 5.92 Å². The van der Waals surface area contributed by atoms with Gasteiger partial charge in [0.15, 0.2) is 0 Å². The summed E-state index contributed by atoms with van der Waals surface area (Å²) in [6, 6.07) is 5.80. The number of amides is 1. The minimum absolute atomic E-state index is 0.0297. The Morgan fingerprint density at radius 3 is 2.78 bits per heavy atom. The molecular formula is C29H43NO7. The van der Waals surface area contributed by atoms with Crippen molar-refractivity contribution in [3.8, 4) is 11.5 Å². The summed E-state index contributed by atoms with van der Waals surface area (Å²) in [6.07, 6.45) is 4.18. The Morgan fingerprint density at radius 1 is 1.30 bits per heavy atom. The van der Waals surface area contributed by atoms with E-state index < -0.39 is 16.8 Å². The van der Waals surface area contributed by atoms with Crippen molar-refractivity contribution in [3.05, 3.63) is 35.4 Å². The van der Waals surface area contributed by atoms with Crippen molar-refractivity contribution in [2.45, 2.75) is 83.7 Å². The number of nitrogens with zero attached hydrogens (tertiary/aromatic N) is 1. The minimum atomic E-state index is -0.612. The molecule has 0 aliphatic carbocycles. The lowest BCUT2D eigenvalue weighted by molar-refractivity contribution is -0.231. The lowest BCUT2D eigenvalue weighted by Gasteiger charge is -2.55. The Bertz CT molecular complexity index is 998. The molecule has 0 aromatic heterocycles. The fourth-order valence-corrected chi connectivity index (χ4v) is 5.61. The van der Waals surface area contributed by atoms with Crippen molar-refractivity contribution in [2.24, 2.45) is 5.92 Å². The molecule has 0 unspecified atom stereocenters. The normalized spacial score (nSPS) is 29.1. The summed E-state index contributed by atoms with van der Waals surface area (Å²) in [5, 5.41) is 9.15. The molecule has 3 heterocycles. The summed E-state index contributed by atoms with van der Waals surface area (Å²) in [5.74, 6) is 1.45. The number of allylic oxidation sites excluding steroid dienone is 2. The van der Waals surface area contributed by atoms with E-state index in [4.69, 9.17) is 28.8 Å². The number of hydrogen-bond acceptors (Lipinski definition) is 7. The zero-order valence-electron chi connectivity index (χ0n) is 23.2. The highest BCUT2D eigenvalue weighted by atomic mass is 16.6. The standard InChI is InChI=1S/C29H43NO7/c1-20(2)8-7-11-28(6)23-17-29(18-30(12-14-35-29)26(32)37-27(3,4)5)19-34-25(23)22-10-9-21(33-15-13-31)16-24(22)36-28/h8-10,16,23,25,31H,7,11-15,17-19H2,1-6H3/t23-,25+,28+,29+/m0/s1. The third-order valence-electron chi connectivity index (χ3n) is 7.36. The molecule has 206 valence electrons. The number of carbonyl (C=O) groups is 1. The summed E-state index contributed by atoms with van der Waals surface area (Å²) >= 11 is 0. The zero-order chi connectivity index (χ0) is 26.8. The van der Waals surface area contributed by atoms with Crippen molar-refractivity contribution in [1.29, 1.82) is 0 Å². The van der Waals surface area contributed by atoms with Crippen LogP contribution in [0.15, 0.2) is 29.8 Å². The Labute approximate surface area is 220 Å². The van der Waals surface area contributed by atoms with Gasteiger partial charge in [-0.3, -0.25) is 0 Å². The quantitative estimate of drug-likeness (QED) is 0.529. The molecule has 0 bridgehead atoms. The van der Waals surface area contributed by atoms with Gasteiger partial charge in [-0.25, -0.2) is 4.79 Å². The van der Waals surface area contributed by atoms with E-state index in [9.17, 15) is 4.79 Å². The summed E-state index contributed by atoms with van der Waals surface area (Å²) < 4.78 is 31.0. The van der Waals surface area contributed by atoms with Crippen molar-refractivity contribution < 1.29 is 33.6 Å². The van der Waals surface area contributed by atoms with Crippen LogP contribution < -0.4 is 9.47 Å². The molecular weight excluding hydrogens is 474 g/mol. The molecule has 1 N–H and O–H groups in total. The van der Waals surface area contributed by atoms with Crippen molar-refractivity contribution in [2.75, 3.05) is 39.5 Å². The number of benzene rings is 1. The van der Waals surface area contributed by atoms with Gasteiger partial charge in [-0.05, 0) is 72.9 Å². The molecule has 1 aromatic carbocycles. The Hall–Kier alpha value is -2.29. The molecule has 3 aliphatic rings. The SMILES string of the molecule is CC(C)=CCC[C@@]1(C)Oc2cc(OCCO)ccc2[C@H]2OC[C@@]3(C[C@@H]21)CN(C(=O)OC(C)(C)C)CCO3. The Morgan fingerprint density at radius 2 is 2.08 bits per heavy atom. The van der Waals surface area contributed by atoms with Gasteiger partial charge in [-0.15, -0.1) is 0 Å². The largest absolute Gasteiger partial charge is 0.491 e.